The van der Waals surface area contributed by atoms with Gasteiger partial charge in [0.25, 0.3) is 0 Å². The molecule has 2 unspecified atom stereocenters. The molecule has 1 saturated carbocycles. The molecular weight excluding hydrogens is 330 g/mol. The monoisotopic (exact) mass is 349 g/mol. The Morgan fingerprint density at radius 2 is 2.12 bits per heavy atom. The molecule has 2 N–H and O–H groups in total. The van der Waals surface area contributed by atoms with Crippen molar-refractivity contribution in [3.63, 3.8) is 0 Å². The van der Waals surface area contributed by atoms with Crippen LogP contribution in [-0.4, -0.2) is 36.5 Å². The fourth-order valence-corrected chi connectivity index (χ4v) is 3.83. The first-order valence-corrected chi connectivity index (χ1v) is 8.25. The maximum Gasteiger partial charge on any atom is 0.312 e. The molecule has 0 bridgehead atoms. The normalized spacial score (nSPS) is 29.7. The summed E-state index contributed by atoms with van der Waals surface area (Å²) in [4.78, 5) is 15.8. The molecule has 0 amide bonds. The zero-order chi connectivity index (χ0) is 17.4. The molecule has 1 aromatic heterocycles. The van der Waals surface area contributed by atoms with Gasteiger partial charge in [-0.3, -0.25) is 9.48 Å². The highest BCUT2D eigenvalue weighted by Crippen LogP contribution is 2.52. The summed E-state index contributed by atoms with van der Waals surface area (Å²) >= 11 is 5.92. The van der Waals surface area contributed by atoms with Crippen LogP contribution in [0.3, 0.4) is 0 Å². The SMILES string of the molecule is C[C@@]1(C(=O)O)CCC(Cc2ccc(Cl)cc2)C1(O)Cn1cncn1. The van der Waals surface area contributed by atoms with E-state index in [9.17, 15) is 15.0 Å². The van der Waals surface area contributed by atoms with Gasteiger partial charge < -0.3 is 10.2 Å². The Hall–Kier alpha value is -1.92. The Bertz CT molecular complexity index is 719. The van der Waals surface area contributed by atoms with Gasteiger partial charge in [0, 0.05) is 5.02 Å². The first-order valence-electron chi connectivity index (χ1n) is 7.88. The van der Waals surface area contributed by atoms with Crippen LogP contribution in [0.4, 0.5) is 0 Å². The maximum absolute atomic E-state index is 11.9. The quantitative estimate of drug-likeness (QED) is 0.865. The zero-order valence-corrected chi connectivity index (χ0v) is 14.1. The highest BCUT2D eigenvalue weighted by atomic mass is 35.5. The Labute approximate surface area is 145 Å². The van der Waals surface area contributed by atoms with E-state index >= 15 is 0 Å². The van der Waals surface area contributed by atoms with Gasteiger partial charge in [0.05, 0.1) is 12.0 Å². The van der Waals surface area contributed by atoms with Crippen LogP contribution in [0.5, 0.6) is 0 Å². The number of rotatable bonds is 5. The molecule has 1 fully saturated rings. The standard InChI is InChI=1S/C17H20ClN3O3/c1-16(15(22)23)7-6-13(8-12-2-4-14(18)5-3-12)17(16,24)9-21-11-19-10-20-21/h2-5,10-11,13,24H,6-9H2,1H3,(H,22,23)/t13?,16-,17?/m0/s1. The summed E-state index contributed by atoms with van der Waals surface area (Å²) in [5, 5.41) is 25.9. The molecule has 1 heterocycles. The Kier molecular flexibility index (Phi) is 4.36. The van der Waals surface area contributed by atoms with Crippen LogP contribution in [0.2, 0.25) is 5.02 Å². The van der Waals surface area contributed by atoms with Crippen molar-refractivity contribution in [3.8, 4) is 0 Å². The molecule has 0 spiro atoms. The number of aliphatic carboxylic acids is 1. The molecule has 1 aromatic carbocycles. The average molecular weight is 350 g/mol. The molecule has 3 rings (SSSR count). The van der Waals surface area contributed by atoms with E-state index in [2.05, 4.69) is 10.1 Å². The smallest absolute Gasteiger partial charge is 0.312 e. The number of nitrogens with zero attached hydrogens (tertiary/aromatic N) is 3. The van der Waals surface area contributed by atoms with Crippen molar-refractivity contribution in [2.24, 2.45) is 11.3 Å². The number of benzene rings is 1. The second-order valence-electron chi connectivity index (χ2n) is 6.72. The van der Waals surface area contributed by atoms with Crippen molar-refractivity contribution in [1.82, 2.24) is 14.8 Å². The van der Waals surface area contributed by atoms with E-state index in [0.717, 1.165) is 5.56 Å². The van der Waals surface area contributed by atoms with Gasteiger partial charge in [0.2, 0.25) is 0 Å². The molecule has 6 nitrogen and oxygen atoms in total. The number of hydrogen-bond donors (Lipinski definition) is 2. The van der Waals surface area contributed by atoms with E-state index in [1.54, 1.807) is 19.1 Å². The van der Waals surface area contributed by atoms with Crippen LogP contribution in [0, 0.1) is 11.3 Å². The summed E-state index contributed by atoms with van der Waals surface area (Å²) in [6.07, 6.45) is 4.52. The third-order valence-electron chi connectivity index (χ3n) is 5.36. The minimum atomic E-state index is -1.41. The summed E-state index contributed by atoms with van der Waals surface area (Å²) in [7, 11) is 0. The van der Waals surface area contributed by atoms with Gasteiger partial charge in [0.15, 0.2) is 0 Å². The van der Waals surface area contributed by atoms with Gasteiger partial charge >= 0.3 is 5.97 Å². The van der Waals surface area contributed by atoms with Crippen molar-refractivity contribution in [2.75, 3.05) is 0 Å². The van der Waals surface area contributed by atoms with E-state index < -0.39 is 17.0 Å². The van der Waals surface area contributed by atoms with Gasteiger partial charge in [-0.05, 0) is 49.8 Å². The Morgan fingerprint density at radius 3 is 2.71 bits per heavy atom. The number of carbonyl (C=O) groups is 1. The summed E-state index contributed by atoms with van der Waals surface area (Å²) in [5.41, 5.74) is -1.61. The van der Waals surface area contributed by atoms with Gasteiger partial charge in [-0.25, -0.2) is 4.98 Å². The Balaban J connectivity index is 1.92. The van der Waals surface area contributed by atoms with Gasteiger partial charge in [-0.1, -0.05) is 23.7 Å². The first kappa shape index (κ1) is 16.9. The van der Waals surface area contributed by atoms with Crippen LogP contribution in [0.25, 0.3) is 0 Å². The maximum atomic E-state index is 11.9. The zero-order valence-electron chi connectivity index (χ0n) is 13.4. The third-order valence-corrected chi connectivity index (χ3v) is 5.61. The van der Waals surface area contributed by atoms with Crippen LogP contribution in [-0.2, 0) is 17.8 Å². The molecule has 0 aliphatic heterocycles. The molecule has 128 valence electrons. The molecule has 1 aliphatic rings. The number of halogens is 1. The second-order valence-corrected chi connectivity index (χ2v) is 7.16. The van der Waals surface area contributed by atoms with E-state index in [-0.39, 0.29) is 12.5 Å². The molecule has 1 aliphatic carbocycles. The van der Waals surface area contributed by atoms with E-state index in [0.29, 0.717) is 24.3 Å². The summed E-state index contributed by atoms with van der Waals surface area (Å²) in [6, 6.07) is 7.43. The average Bonchev–Trinajstić information content (AvgIpc) is 3.12. The van der Waals surface area contributed by atoms with E-state index in [1.807, 2.05) is 12.1 Å². The number of carboxylic acids is 1. The fourth-order valence-electron chi connectivity index (χ4n) is 3.70. The third kappa shape index (κ3) is 2.80. The molecular formula is C17H20ClN3O3. The predicted octanol–water partition coefficient (Wildman–Crippen LogP) is 2.41. The first-order chi connectivity index (χ1) is 11.3. The van der Waals surface area contributed by atoms with Crippen molar-refractivity contribution in [2.45, 2.75) is 38.3 Å². The lowest BCUT2D eigenvalue weighted by Crippen LogP contribution is -2.54. The minimum Gasteiger partial charge on any atom is -0.481 e. The van der Waals surface area contributed by atoms with Crippen molar-refractivity contribution < 1.29 is 15.0 Å². The minimum absolute atomic E-state index is 0.105. The summed E-state index contributed by atoms with van der Waals surface area (Å²) < 4.78 is 1.50. The summed E-state index contributed by atoms with van der Waals surface area (Å²) in [6.45, 7) is 1.72. The second kappa shape index (κ2) is 6.18. The Morgan fingerprint density at radius 1 is 1.42 bits per heavy atom. The fraction of sp³-hybridized carbons (Fsp3) is 0.471. The molecule has 3 atom stereocenters. The van der Waals surface area contributed by atoms with Gasteiger partial charge in [0.1, 0.15) is 18.3 Å². The number of hydrogen-bond acceptors (Lipinski definition) is 4. The van der Waals surface area contributed by atoms with Crippen LogP contribution in [0.1, 0.15) is 25.3 Å². The van der Waals surface area contributed by atoms with Crippen LogP contribution >= 0.6 is 11.6 Å². The topological polar surface area (TPSA) is 88.2 Å². The predicted molar refractivity (Wildman–Crippen MR) is 88.6 cm³/mol. The van der Waals surface area contributed by atoms with E-state index in [1.165, 1.54) is 17.3 Å². The lowest BCUT2D eigenvalue weighted by molar-refractivity contribution is -0.169. The molecule has 2 aromatic rings. The van der Waals surface area contributed by atoms with Crippen LogP contribution in [0.15, 0.2) is 36.9 Å². The van der Waals surface area contributed by atoms with Crippen molar-refractivity contribution in [3.05, 3.63) is 47.5 Å². The molecule has 24 heavy (non-hydrogen) atoms. The molecule has 7 heteroatoms. The lowest BCUT2D eigenvalue weighted by Gasteiger charge is -2.40. The molecule has 0 radical (unpaired) electrons. The van der Waals surface area contributed by atoms with E-state index in [4.69, 9.17) is 11.6 Å². The number of aromatic nitrogens is 3. The van der Waals surface area contributed by atoms with Crippen molar-refractivity contribution >= 4 is 17.6 Å². The highest BCUT2D eigenvalue weighted by molar-refractivity contribution is 6.30. The van der Waals surface area contributed by atoms with Gasteiger partial charge in [-0.2, -0.15) is 5.10 Å². The number of aliphatic hydroxyl groups is 1. The molecule has 0 saturated heterocycles. The largest absolute Gasteiger partial charge is 0.481 e. The van der Waals surface area contributed by atoms with Crippen molar-refractivity contribution in [1.29, 1.82) is 0 Å². The van der Waals surface area contributed by atoms with Crippen LogP contribution < -0.4 is 0 Å². The van der Waals surface area contributed by atoms with Gasteiger partial charge in [-0.15, -0.1) is 0 Å². The highest BCUT2D eigenvalue weighted by Gasteiger charge is 2.61. The lowest BCUT2D eigenvalue weighted by atomic mass is 9.71. The number of carboxylic acid groups (broad SMARTS) is 1. The summed E-state index contributed by atoms with van der Waals surface area (Å²) in [5.74, 6) is -1.17.